The minimum absolute atomic E-state index is 0.288. The summed E-state index contributed by atoms with van der Waals surface area (Å²) in [6, 6.07) is 8.19. The van der Waals surface area contributed by atoms with E-state index in [2.05, 4.69) is 4.90 Å². The van der Waals surface area contributed by atoms with Gasteiger partial charge in [-0.25, -0.2) is 0 Å². The Morgan fingerprint density at radius 3 is 2.81 bits per heavy atom. The third kappa shape index (κ3) is 4.95. The van der Waals surface area contributed by atoms with E-state index in [-0.39, 0.29) is 6.61 Å². The quantitative estimate of drug-likeness (QED) is 0.719. The Bertz CT molecular complexity index is 450. The van der Waals surface area contributed by atoms with Crippen LogP contribution in [0.3, 0.4) is 0 Å². The lowest BCUT2D eigenvalue weighted by molar-refractivity contribution is 0.180. The Morgan fingerprint density at radius 2 is 2.14 bits per heavy atom. The van der Waals surface area contributed by atoms with Gasteiger partial charge in [0.25, 0.3) is 0 Å². The lowest BCUT2D eigenvalue weighted by Crippen LogP contribution is -2.33. The number of rotatable bonds is 8. The number of hydrogen-bond acceptors (Lipinski definition) is 4. The molecular weight excluding hydrogens is 284 g/mol. The van der Waals surface area contributed by atoms with Crippen molar-refractivity contribution in [1.82, 2.24) is 4.90 Å². The van der Waals surface area contributed by atoms with Crippen LogP contribution >= 0.6 is 12.2 Å². The van der Waals surface area contributed by atoms with Gasteiger partial charge in [0.15, 0.2) is 0 Å². The Balaban J connectivity index is 1.74. The molecule has 0 aromatic heterocycles. The summed E-state index contributed by atoms with van der Waals surface area (Å²) in [6.45, 7) is 3.05. The van der Waals surface area contributed by atoms with Gasteiger partial charge in [-0.3, -0.25) is 4.90 Å². The molecule has 1 aliphatic rings. The molecule has 1 heterocycles. The van der Waals surface area contributed by atoms with E-state index in [0.29, 0.717) is 17.6 Å². The summed E-state index contributed by atoms with van der Waals surface area (Å²) < 4.78 is 5.78. The molecule has 116 valence electrons. The largest absolute Gasteiger partial charge is 0.492 e. The molecule has 2 rings (SSSR count). The molecule has 0 radical (unpaired) electrons. The van der Waals surface area contributed by atoms with Crippen LogP contribution in [0.15, 0.2) is 24.3 Å². The molecule has 4 nitrogen and oxygen atoms in total. The van der Waals surface area contributed by atoms with Crippen LogP contribution in [0.2, 0.25) is 0 Å². The molecule has 5 heteroatoms. The molecule has 1 aliphatic heterocycles. The molecule has 21 heavy (non-hydrogen) atoms. The zero-order chi connectivity index (χ0) is 15.1. The van der Waals surface area contributed by atoms with Gasteiger partial charge in [0.2, 0.25) is 0 Å². The summed E-state index contributed by atoms with van der Waals surface area (Å²) in [6.07, 6.45) is 4.46. The van der Waals surface area contributed by atoms with Gasteiger partial charge >= 0.3 is 0 Å². The number of likely N-dealkylation sites (tertiary alicyclic amines) is 1. The van der Waals surface area contributed by atoms with Crippen molar-refractivity contribution in [1.29, 1.82) is 0 Å². The molecule has 1 unspecified atom stereocenters. The Kier molecular flexibility index (Phi) is 6.42. The predicted octanol–water partition coefficient (Wildman–Crippen LogP) is 1.94. The van der Waals surface area contributed by atoms with Crippen molar-refractivity contribution in [3.05, 3.63) is 29.8 Å². The highest BCUT2D eigenvalue weighted by Gasteiger charge is 2.23. The Labute approximate surface area is 131 Å². The van der Waals surface area contributed by atoms with Crippen molar-refractivity contribution in [3.8, 4) is 5.75 Å². The first kappa shape index (κ1) is 16.2. The molecule has 1 aromatic rings. The summed E-state index contributed by atoms with van der Waals surface area (Å²) >= 11 is 4.93. The molecule has 0 spiro atoms. The third-order valence-corrected chi connectivity index (χ3v) is 4.22. The highest BCUT2D eigenvalue weighted by Crippen LogP contribution is 2.21. The molecule has 3 N–H and O–H groups in total. The lowest BCUT2D eigenvalue weighted by atomic mass is 10.1. The van der Waals surface area contributed by atoms with Crippen LogP contribution in [0.25, 0.3) is 0 Å². The number of thiocarbonyl (C=S) groups is 1. The van der Waals surface area contributed by atoms with Crippen LogP contribution in [0, 0.1) is 0 Å². The standard InChI is InChI=1S/C16H24N2O2S/c17-16(21)13-5-7-15(8-6-13)20-12-10-18-9-1-3-14(18)4-2-11-19/h5-8,14,19H,1-4,9-12H2,(H2,17,21). The molecule has 1 atom stereocenters. The smallest absolute Gasteiger partial charge is 0.119 e. The van der Waals surface area contributed by atoms with Gasteiger partial charge in [-0.1, -0.05) is 12.2 Å². The average molecular weight is 308 g/mol. The molecule has 1 aromatic carbocycles. The van der Waals surface area contributed by atoms with Gasteiger partial charge in [0.1, 0.15) is 17.3 Å². The summed E-state index contributed by atoms with van der Waals surface area (Å²) in [5, 5.41) is 8.94. The highest BCUT2D eigenvalue weighted by atomic mass is 32.1. The van der Waals surface area contributed by atoms with Crippen LogP contribution in [0.1, 0.15) is 31.2 Å². The topological polar surface area (TPSA) is 58.7 Å². The van der Waals surface area contributed by atoms with Crippen LogP contribution in [-0.2, 0) is 0 Å². The van der Waals surface area contributed by atoms with E-state index in [9.17, 15) is 0 Å². The van der Waals surface area contributed by atoms with E-state index in [1.54, 1.807) is 0 Å². The number of aliphatic hydroxyl groups excluding tert-OH is 1. The second kappa shape index (κ2) is 8.32. The zero-order valence-corrected chi connectivity index (χ0v) is 13.1. The van der Waals surface area contributed by atoms with Crippen molar-refractivity contribution in [2.45, 2.75) is 31.7 Å². The van der Waals surface area contributed by atoms with Gasteiger partial charge in [0, 0.05) is 24.8 Å². The van der Waals surface area contributed by atoms with Gasteiger partial charge in [-0.15, -0.1) is 0 Å². The maximum Gasteiger partial charge on any atom is 0.119 e. The number of aliphatic hydroxyl groups is 1. The van der Waals surface area contributed by atoms with Crippen molar-refractivity contribution < 1.29 is 9.84 Å². The molecule has 1 fully saturated rings. The third-order valence-electron chi connectivity index (χ3n) is 3.98. The average Bonchev–Trinajstić information content (AvgIpc) is 2.93. The van der Waals surface area contributed by atoms with Crippen molar-refractivity contribution in [2.75, 3.05) is 26.3 Å². The number of nitrogens with zero attached hydrogens (tertiary/aromatic N) is 1. The SMILES string of the molecule is NC(=S)c1ccc(OCCN2CCCC2CCCO)cc1. The molecule has 0 bridgehead atoms. The van der Waals surface area contributed by atoms with Crippen molar-refractivity contribution in [2.24, 2.45) is 5.73 Å². The number of ether oxygens (including phenoxy) is 1. The number of hydrogen-bond donors (Lipinski definition) is 2. The van der Waals surface area contributed by atoms with E-state index >= 15 is 0 Å². The van der Waals surface area contributed by atoms with Gasteiger partial charge < -0.3 is 15.6 Å². The van der Waals surface area contributed by atoms with Crippen LogP contribution < -0.4 is 10.5 Å². The van der Waals surface area contributed by atoms with E-state index in [1.165, 1.54) is 12.8 Å². The minimum Gasteiger partial charge on any atom is -0.492 e. The fraction of sp³-hybridized carbons (Fsp3) is 0.562. The second-order valence-electron chi connectivity index (χ2n) is 5.43. The van der Waals surface area contributed by atoms with Crippen LogP contribution in [0.4, 0.5) is 0 Å². The first-order valence-corrected chi connectivity index (χ1v) is 7.99. The van der Waals surface area contributed by atoms with Crippen molar-refractivity contribution in [3.63, 3.8) is 0 Å². The Hall–Kier alpha value is -1.17. The normalized spacial score (nSPS) is 18.8. The van der Waals surface area contributed by atoms with Crippen LogP contribution in [-0.4, -0.2) is 47.3 Å². The molecule has 0 saturated carbocycles. The van der Waals surface area contributed by atoms with Gasteiger partial charge in [0.05, 0.1) is 0 Å². The van der Waals surface area contributed by atoms with E-state index in [4.69, 9.17) is 27.8 Å². The monoisotopic (exact) mass is 308 g/mol. The first-order chi connectivity index (χ1) is 10.2. The lowest BCUT2D eigenvalue weighted by Gasteiger charge is -2.24. The highest BCUT2D eigenvalue weighted by molar-refractivity contribution is 7.80. The number of benzene rings is 1. The van der Waals surface area contributed by atoms with E-state index in [0.717, 1.165) is 37.2 Å². The fourth-order valence-corrected chi connectivity index (χ4v) is 2.98. The fourth-order valence-electron chi connectivity index (χ4n) is 2.84. The van der Waals surface area contributed by atoms with Gasteiger partial charge in [-0.2, -0.15) is 0 Å². The van der Waals surface area contributed by atoms with Crippen LogP contribution in [0.5, 0.6) is 5.75 Å². The maximum atomic E-state index is 8.94. The molecule has 0 amide bonds. The number of nitrogens with two attached hydrogens (primary N) is 1. The molecule has 1 saturated heterocycles. The first-order valence-electron chi connectivity index (χ1n) is 7.58. The summed E-state index contributed by atoms with van der Waals surface area (Å²) in [4.78, 5) is 2.88. The maximum absolute atomic E-state index is 8.94. The molecular formula is C16H24N2O2S. The van der Waals surface area contributed by atoms with E-state index in [1.807, 2.05) is 24.3 Å². The zero-order valence-electron chi connectivity index (χ0n) is 12.3. The molecule has 0 aliphatic carbocycles. The Morgan fingerprint density at radius 1 is 1.38 bits per heavy atom. The summed E-state index contributed by atoms with van der Waals surface area (Å²) in [7, 11) is 0. The second-order valence-corrected chi connectivity index (χ2v) is 5.87. The summed E-state index contributed by atoms with van der Waals surface area (Å²) in [5.41, 5.74) is 6.43. The predicted molar refractivity (Wildman–Crippen MR) is 88.7 cm³/mol. The van der Waals surface area contributed by atoms with E-state index < -0.39 is 0 Å². The minimum atomic E-state index is 0.288. The van der Waals surface area contributed by atoms with Crippen molar-refractivity contribution >= 4 is 17.2 Å². The summed E-state index contributed by atoms with van der Waals surface area (Å²) in [5.74, 6) is 0.848. The van der Waals surface area contributed by atoms with Gasteiger partial charge in [-0.05, 0) is 56.5 Å².